The molecule has 1 saturated carbocycles. The third kappa shape index (κ3) is 3.43. The Morgan fingerprint density at radius 1 is 1.35 bits per heavy atom. The molecule has 0 unspecified atom stereocenters. The molecular formula is C14H11BrF4NO4PS. The van der Waals surface area contributed by atoms with Crippen LogP contribution in [0.5, 0.6) is 0 Å². The van der Waals surface area contributed by atoms with E-state index >= 15 is 0 Å². The summed E-state index contributed by atoms with van der Waals surface area (Å²) in [6, 6.07) is 3.29. The highest BCUT2D eigenvalue weighted by Crippen LogP contribution is 2.62. The van der Waals surface area contributed by atoms with Crippen molar-refractivity contribution in [2.75, 3.05) is 0 Å². The number of hydrogen-bond donors (Lipinski definition) is 3. The first-order valence-electron chi connectivity index (χ1n) is 7.16. The summed E-state index contributed by atoms with van der Waals surface area (Å²) >= 11 is 3.40. The molecule has 142 valence electrons. The Kier molecular flexibility index (Phi) is 4.76. The van der Waals surface area contributed by atoms with Crippen LogP contribution in [-0.4, -0.2) is 27.7 Å². The number of amides is 1. The van der Waals surface area contributed by atoms with E-state index in [0.717, 1.165) is 0 Å². The van der Waals surface area contributed by atoms with Crippen LogP contribution in [0.15, 0.2) is 22.7 Å². The molecule has 1 aliphatic carbocycles. The topological polar surface area (TPSA) is 86.6 Å². The molecule has 1 fully saturated rings. The average Bonchev–Trinajstić information content (AvgIpc) is 2.81. The number of alkyl halides is 4. The Balaban J connectivity index is 1.91. The number of hydrogen-bond acceptors (Lipinski definition) is 3. The minimum Gasteiger partial charge on any atom is -0.349 e. The van der Waals surface area contributed by atoms with E-state index in [1.807, 2.05) is 0 Å². The summed E-state index contributed by atoms with van der Waals surface area (Å²) < 4.78 is 64.8. The molecule has 3 N–H and O–H groups in total. The first kappa shape index (κ1) is 19.8. The lowest BCUT2D eigenvalue weighted by Gasteiger charge is -2.35. The maximum absolute atomic E-state index is 14.0. The van der Waals surface area contributed by atoms with Crippen LogP contribution >= 0.6 is 34.9 Å². The molecular weight excluding hydrogens is 465 g/mol. The number of carbonyl (C=O) groups excluding carboxylic acids is 1. The Hall–Kier alpha value is -1.00. The van der Waals surface area contributed by atoms with Crippen LogP contribution in [0.1, 0.15) is 28.1 Å². The molecule has 26 heavy (non-hydrogen) atoms. The van der Waals surface area contributed by atoms with E-state index in [-0.39, 0.29) is 20.1 Å². The van der Waals surface area contributed by atoms with Crippen LogP contribution in [0.25, 0.3) is 10.1 Å². The smallest absolute Gasteiger partial charge is 0.349 e. The number of fused-ring (bicyclic) bond motifs is 1. The Bertz CT molecular complexity index is 936. The number of thiophene rings is 1. The molecule has 0 bridgehead atoms. The zero-order chi connectivity index (χ0) is 19.5. The quantitative estimate of drug-likeness (QED) is 0.451. The summed E-state index contributed by atoms with van der Waals surface area (Å²) in [5.74, 6) is -3.42. The molecule has 12 heteroatoms. The van der Waals surface area contributed by atoms with Gasteiger partial charge < -0.3 is 15.1 Å². The Labute approximate surface area is 156 Å². The second kappa shape index (κ2) is 6.27. The van der Waals surface area contributed by atoms with Crippen LogP contribution in [-0.2, 0) is 10.2 Å². The van der Waals surface area contributed by atoms with E-state index < -0.39 is 48.8 Å². The van der Waals surface area contributed by atoms with Gasteiger partial charge in [-0.1, -0.05) is 0 Å². The number of halogens is 5. The lowest BCUT2D eigenvalue weighted by atomic mass is 9.88. The molecule has 5 nitrogen and oxygen atoms in total. The van der Waals surface area contributed by atoms with Crippen molar-refractivity contribution in [3.8, 4) is 0 Å². The molecule has 1 amide bonds. The summed E-state index contributed by atoms with van der Waals surface area (Å²) in [5.41, 5.74) is -4.31. The van der Waals surface area contributed by atoms with Crippen molar-refractivity contribution in [3.05, 3.63) is 33.1 Å². The minimum absolute atomic E-state index is 0.0669. The van der Waals surface area contributed by atoms with Crippen molar-refractivity contribution >= 4 is 50.9 Å². The van der Waals surface area contributed by atoms with Crippen molar-refractivity contribution in [2.24, 2.45) is 0 Å². The van der Waals surface area contributed by atoms with Gasteiger partial charge in [0, 0.05) is 39.0 Å². The van der Waals surface area contributed by atoms with Crippen LogP contribution in [0, 0.1) is 0 Å². The zero-order valence-electron chi connectivity index (χ0n) is 12.7. The molecule has 2 aromatic rings. The number of rotatable bonds is 4. The Morgan fingerprint density at radius 2 is 1.96 bits per heavy atom. The predicted octanol–water partition coefficient (Wildman–Crippen LogP) is 4.42. The molecule has 0 saturated heterocycles. The first-order valence-corrected chi connectivity index (χ1v) is 10.4. The second-order valence-electron chi connectivity index (χ2n) is 5.98. The standard InChI is InChI=1S/C14H11BrF4NO4PS/c15-10-8-3-6(12(21)20-7-4-13(16,17)5-7)1-2-9(8)26-11(10)14(18,19)25(22,23)24/h1-3,7H,4-5H2,(H,20,21)(H2,22,23,24). The molecule has 0 radical (unpaired) electrons. The van der Waals surface area contributed by atoms with Gasteiger partial charge in [0.15, 0.2) is 0 Å². The van der Waals surface area contributed by atoms with Gasteiger partial charge in [-0.3, -0.25) is 9.36 Å². The lowest BCUT2D eigenvalue weighted by Crippen LogP contribution is -2.50. The normalized spacial score (nSPS) is 18.0. The van der Waals surface area contributed by atoms with E-state index in [9.17, 15) is 26.9 Å². The number of carbonyl (C=O) groups is 1. The monoisotopic (exact) mass is 475 g/mol. The highest BCUT2D eigenvalue weighted by atomic mass is 79.9. The Morgan fingerprint density at radius 3 is 2.50 bits per heavy atom. The van der Waals surface area contributed by atoms with Gasteiger partial charge in [-0.25, -0.2) is 8.78 Å². The minimum atomic E-state index is -5.73. The third-order valence-electron chi connectivity index (χ3n) is 3.95. The molecule has 1 aliphatic rings. The summed E-state index contributed by atoms with van der Waals surface area (Å²) in [6.45, 7) is 0. The van der Waals surface area contributed by atoms with Crippen LogP contribution in [0.2, 0.25) is 0 Å². The summed E-state index contributed by atoms with van der Waals surface area (Å²) in [6.07, 6.45) is -0.913. The van der Waals surface area contributed by atoms with E-state index in [2.05, 4.69) is 21.2 Å². The van der Waals surface area contributed by atoms with Crippen LogP contribution in [0.4, 0.5) is 17.6 Å². The molecule has 0 atom stereocenters. The van der Waals surface area contributed by atoms with Gasteiger partial charge in [0.1, 0.15) is 4.88 Å². The largest absolute Gasteiger partial charge is 0.400 e. The fraction of sp³-hybridized carbons (Fsp3) is 0.357. The zero-order valence-corrected chi connectivity index (χ0v) is 16.0. The number of benzene rings is 1. The van der Waals surface area contributed by atoms with Gasteiger partial charge in [0.05, 0.1) is 0 Å². The van der Waals surface area contributed by atoms with E-state index in [4.69, 9.17) is 9.79 Å². The van der Waals surface area contributed by atoms with Gasteiger partial charge in [0.2, 0.25) is 0 Å². The molecule has 1 aromatic carbocycles. The lowest BCUT2D eigenvalue weighted by molar-refractivity contribution is -0.0901. The fourth-order valence-electron chi connectivity index (χ4n) is 2.57. The van der Waals surface area contributed by atoms with Crippen LogP contribution in [0.3, 0.4) is 0 Å². The summed E-state index contributed by atoms with van der Waals surface area (Å²) in [7, 11) is -5.73. The maximum Gasteiger partial charge on any atom is 0.400 e. The average molecular weight is 476 g/mol. The highest BCUT2D eigenvalue weighted by molar-refractivity contribution is 9.10. The SMILES string of the molecule is O=C(NC1CC(F)(F)C1)c1ccc2sc(C(F)(F)P(=O)(O)O)c(Br)c2c1. The predicted molar refractivity (Wildman–Crippen MR) is 90.9 cm³/mol. The number of nitrogens with one attached hydrogen (secondary N) is 1. The van der Waals surface area contributed by atoms with Crippen molar-refractivity contribution in [2.45, 2.75) is 30.5 Å². The van der Waals surface area contributed by atoms with Gasteiger partial charge in [-0.2, -0.15) is 8.78 Å². The summed E-state index contributed by atoms with van der Waals surface area (Å²) in [5, 5.41) is 2.60. The van der Waals surface area contributed by atoms with E-state index in [1.54, 1.807) is 0 Å². The van der Waals surface area contributed by atoms with E-state index in [0.29, 0.717) is 11.3 Å². The van der Waals surface area contributed by atoms with E-state index in [1.165, 1.54) is 18.2 Å². The first-order chi connectivity index (χ1) is 11.8. The third-order valence-corrected chi connectivity index (χ3v) is 7.39. The van der Waals surface area contributed by atoms with Gasteiger partial charge in [0.25, 0.3) is 11.8 Å². The molecule has 1 heterocycles. The molecule has 1 aromatic heterocycles. The van der Waals surface area contributed by atoms with Crippen LogP contribution < -0.4 is 5.32 Å². The van der Waals surface area contributed by atoms with Gasteiger partial charge >= 0.3 is 13.3 Å². The van der Waals surface area contributed by atoms with Crippen molar-refractivity contribution in [3.63, 3.8) is 0 Å². The summed E-state index contributed by atoms with van der Waals surface area (Å²) in [4.78, 5) is 29.1. The molecule has 3 rings (SSSR count). The maximum atomic E-state index is 14.0. The fourth-order valence-corrected chi connectivity index (χ4v) is 5.49. The second-order valence-corrected chi connectivity index (χ2v) is 9.47. The van der Waals surface area contributed by atoms with Gasteiger partial charge in [-0.05, 0) is 34.1 Å². The highest BCUT2D eigenvalue weighted by Gasteiger charge is 2.53. The van der Waals surface area contributed by atoms with Crippen molar-refractivity contribution in [1.29, 1.82) is 0 Å². The van der Waals surface area contributed by atoms with Gasteiger partial charge in [-0.15, -0.1) is 11.3 Å². The van der Waals surface area contributed by atoms with Crippen molar-refractivity contribution < 1.29 is 36.7 Å². The molecule has 0 spiro atoms. The molecule has 0 aliphatic heterocycles. The van der Waals surface area contributed by atoms with Crippen molar-refractivity contribution in [1.82, 2.24) is 5.32 Å².